The Hall–Kier alpha value is 1.16. The second-order valence-corrected chi connectivity index (χ2v) is 5.41. The fourth-order valence-electron chi connectivity index (χ4n) is 2.05. The van der Waals surface area contributed by atoms with Crippen LogP contribution in [0, 0.1) is 0 Å². The molecule has 0 saturated heterocycles. The summed E-state index contributed by atoms with van der Waals surface area (Å²) in [6.07, 6.45) is -6.37. The molecule has 0 aromatic rings. The van der Waals surface area contributed by atoms with Crippen LogP contribution < -0.4 is 0 Å². The zero-order valence-electron chi connectivity index (χ0n) is 12.6. The van der Waals surface area contributed by atoms with Crippen molar-refractivity contribution in [1.29, 1.82) is 0 Å². The molecule has 0 rings (SSSR count). The van der Waals surface area contributed by atoms with E-state index in [1.807, 2.05) is 0 Å². The summed E-state index contributed by atoms with van der Waals surface area (Å²) in [4.78, 5) is 4.28. The van der Waals surface area contributed by atoms with Gasteiger partial charge in [0.05, 0.1) is 0 Å². The van der Waals surface area contributed by atoms with E-state index < -0.39 is 57.7 Å². The van der Waals surface area contributed by atoms with Gasteiger partial charge in [0.2, 0.25) is 0 Å². The summed E-state index contributed by atoms with van der Waals surface area (Å²) >= 11 is 0. The monoisotopic (exact) mass is 245 g/mol. The van der Waals surface area contributed by atoms with Crippen molar-refractivity contribution >= 4 is 150 Å². The van der Waals surface area contributed by atoms with E-state index in [4.69, 9.17) is 85.1 Å². The summed E-state index contributed by atoms with van der Waals surface area (Å²) in [5.74, 6) is 0. The predicted molar refractivity (Wildman–Crippen MR) is 123 cm³/mol. The maximum atomic E-state index is 5.96. The van der Waals surface area contributed by atoms with Crippen molar-refractivity contribution in [3.8, 4) is 0 Å². The SMILES string of the molecule is [B]B([B])B([B])B(N=BB(B([B])[B])B([B])[B])B(B([B])[B])B([B])[B]. The minimum atomic E-state index is -0.890. The second kappa shape index (κ2) is 10.9. The third-order valence-corrected chi connectivity index (χ3v) is 3.44. The van der Waals surface area contributed by atoms with Gasteiger partial charge in [-0.15, -0.1) is 0 Å². The average Bonchev–Trinajstić information content (AvgIpc) is 2.34. The fraction of sp³-hybridized carbons (Fsp3) is 0. The van der Waals surface area contributed by atoms with Crippen molar-refractivity contribution < 1.29 is 0 Å². The van der Waals surface area contributed by atoms with Crippen LogP contribution in [0.15, 0.2) is 4.81 Å². The fourth-order valence-corrected chi connectivity index (χ4v) is 2.05. The normalized spacial score (nSPS) is 9.45. The molecule has 0 spiro atoms. The maximum absolute atomic E-state index is 5.96. The molecular weight excluding hydrogens is 241 g/mol. The first-order chi connectivity index (χ1) is 10.0. The van der Waals surface area contributed by atoms with Crippen molar-refractivity contribution in [2.45, 2.75) is 0 Å². The summed E-state index contributed by atoms with van der Waals surface area (Å²) in [5.41, 5.74) is 0. The molecule has 0 fully saturated rings. The van der Waals surface area contributed by atoms with E-state index in [0.717, 1.165) is 0 Å². The van der Waals surface area contributed by atoms with E-state index in [1.165, 1.54) is 6.96 Å². The van der Waals surface area contributed by atoms with E-state index in [1.54, 1.807) is 0 Å². The first-order valence-corrected chi connectivity index (χ1v) is 6.85. The van der Waals surface area contributed by atoms with Crippen LogP contribution in [-0.4, -0.2) is 150 Å². The zero-order valence-corrected chi connectivity index (χ0v) is 12.6. The van der Waals surface area contributed by atoms with Gasteiger partial charge in [-0.1, -0.05) is 0 Å². The van der Waals surface area contributed by atoms with Crippen LogP contribution in [-0.2, 0) is 0 Å². The van der Waals surface area contributed by atoms with Gasteiger partial charge in [0, 0.05) is 0 Å². The molecule has 68 valence electrons. The molecule has 1 nitrogen and oxygen atoms in total. The van der Waals surface area contributed by atoms with Gasteiger partial charge in [0.25, 0.3) is 0 Å². The van der Waals surface area contributed by atoms with Gasteiger partial charge >= 0.3 is 155 Å². The molecule has 22 heteroatoms. The standard InChI is InChI=1S/B21N/c1-13(2)18(11)21(20(16(7)8)17(9)10)22-12-19(14(3)4)15(5)6. The Bertz CT molecular complexity index is 296. The van der Waals surface area contributed by atoms with E-state index in [9.17, 15) is 0 Å². The van der Waals surface area contributed by atoms with E-state index in [-0.39, 0.29) is 0 Å². The summed E-state index contributed by atoms with van der Waals surface area (Å²) in [5, 5.41) is 0. The Morgan fingerprint density at radius 3 is 1.23 bits per heavy atom. The molecule has 22 radical (unpaired) electrons. The second-order valence-electron chi connectivity index (χ2n) is 5.41. The molecule has 0 bridgehead atoms. The number of hydrogen-bond acceptors (Lipinski definition) is 1. The van der Waals surface area contributed by atoms with Gasteiger partial charge in [-0.2, -0.15) is 0 Å². The summed E-state index contributed by atoms with van der Waals surface area (Å²) in [6, 6.07) is 0. The Labute approximate surface area is 154 Å². The third-order valence-electron chi connectivity index (χ3n) is 3.44. The molecule has 0 N–H and O–H groups in total. The molecule has 22 heavy (non-hydrogen) atoms. The van der Waals surface area contributed by atoms with Crippen LogP contribution in [0.4, 0.5) is 0 Å². The number of hydrogen-bond donors (Lipinski definition) is 0. The van der Waals surface area contributed by atoms with Crippen molar-refractivity contribution in [3.05, 3.63) is 0 Å². The van der Waals surface area contributed by atoms with E-state index in [0.29, 0.717) is 0 Å². The number of rotatable bonds is 9. The van der Waals surface area contributed by atoms with Crippen molar-refractivity contribution in [3.63, 3.8) is 0 Å². The molecule has 0 aliphatic carbocycles. The van der Waals surface area contributed by atoms with Crippen LogP contribution in [0.2, 0.25) is 0 Å². The first-order valence-electron chi connectivity index (χ1n) is 6.85. The number of nitrogens with zero attached hydrogens (tertiary/aromatic N) is 1. The first kappa shape index (κ1) is 23.2. The van der Waals surface area contributed by atoms with Crippen LogP contribution in [0.1, 0.15) is 0 Å². The van der Waals surface area contributed by atoms with Crippen molar-refractivity contribution in [2.75, 3.05) is 0 Å². The molecule has 0 unspecified atom stereocenters. The van der Waals surface area contributed by atoms with Gasteiger partial charge in [0.1, 0.15) is 0 Å². The molecule has 0 aromatic carbocycles. The molecular formula is B21N. The molecule has 0 amide bonds. The van der Waals surface area contributed by atoms with Crippen LogP contribution in [0.5, 0.6) is 0 Å². The minimum absolute atomic E-state index is 0.604. The Kier molecular flexibility index (Phi) is 11.5. The van der Waals surface area contributed by atoms with Gasteiger partial charge in [-0.3, -0.25) is 0 Å². The zero-order chi connectivity index (χ0) is 17.6. The third kappa shape index (κ3) is 7.37. The molecule has 0 aliphatic rings. The predicted octanol–water partition coefficient (Wildman–Crippen LogP) is -7.81. The summed E-state index contributed by atoms with van der Waals surface area (Å²) < 4.78 is 0. The van der Waals surface area contributed by atoms with Crippen LogP contribution >= 0.6 is 0 Å². The molecule has 0 atom stereocenters. The Morgan fingerprint density at radius 2 is 0.955 bits per heavy atom. The molecule has 0 heterocycles. The van der Waals surface area contributed by atoms with Gasteiger partial charge in [-0.25, -0.2) is 0 Å². The van der Waals surface area contributed by atoms with Gasteiger partial charge < -0.3 is 0 Å². The molecule has 0 aromatic heterocycles. The van der Waals surface area contributed by atoms with Gasteiger partial charge in [0.15, 0.2) is 0 Å². The topological polar surface area (TPSA) is 12.4 Å². The summed E-state index contributed by atoms with van der Waals surface area (Å²) in [6.45, 7) is 0.639. The van der Waals surface area contributed by atoms with Crippen molar-refractivity contribution in [2.24, 2.45) is 4.81 Å². The quantitative estimate of drug-likeness (QED) is 0.356. The molecule has 0 aliphatic heterocycles. The van der Waals surface area contributed by atoms with Gasteiger partial charge in [-0.05, 0) is 0 Å². The van der Waals surface area contributed by atoms with Crippen LogP contribution in [0.3, 0.4) is 0 Å². The van der Waals surface area contributed by atoms with Crippen LogP contribution in [0.25, 0.3) is 0 Å². The van der Waals surface area contributed by atoms with E-state index >= 15 is 0 Å². The summed E-state index contributed by atoms with van der Waals surface area (Å²) in [7, 11) is 62.5. The molecule has 0 saturated carbocycles. The average molecular weight is 241 g/mol. The Balaban J connectivity index is 5.49. The Morgan fingerprint density at radius 1 is 0.545 bits per heavy atom. The van der Waals surface area contributed by atoms with Crippen molar-refractivity contribution in [1.82, 2.24) is 0 Å². The van der Waals surface area contributed by atoms with E-state index in [2.05, 4.69) is 4.81 Å².